The van der Waals surface area contributed by atoms with Crippen molar-refractivity contribution in [3.8, 4) is 5.75 Å². The molecule has 0 aliphatic carbocycles. The maximum atomic E-state index is 5.80. The molecule has 1 N–H and O–H groups in total. The molecule has 1 aliphatic heterocycles. The van der Waals surface area contributed by atoms with Gasteiger partial charge in [0.15, 0.2) is 0 Å². The molecule has 2 unspecified atom stereocenters. The van der Waals surface area contributed by atoms with Crippen molar-refractivity contribution in [2.24, 2.45) is 0 Å². The van der Waals surface area contributed by atoms with E-state index in [1.54, 1.807) is 0 Å². The monoisotopic (exact) mass is 393 g/mol. The Labute approximate surface area is 140 Å². The largest absolute Gasteiger partial charge is 0.490 e. The van der Waals surface area contributed by atoms with Gasteiger partial charge in [-0.3, -0.25) is 0 Å². The van der Waals surface area contributed by atoms with Crippen LogP contribution in [0.15, 0.2) is 36.4 Å². The molecule has 0 amide bonds. The molecule has 0 spiro atoms. The van der Waals surface area contributed by atoms with Crippen LogP contribution in [0.5, 0.6) is 5.75 Å². The number of rotatable bonds is 3. The Kier molecular flexibility index (Phi) is 4.22. The molecule has 3 rings (SSSR count). The lowest BCUT2D eigenvalue weighted by atomic mass is 9.95. The fraction of sp³-hybridized carbons (Fsp3) is 0.333. The van der Waals surface area contributed by atoms with Crippen molar-refractivity contribution in [1.82, 2.24) is 5.32 Å². The summed E-state index contributed by atoms with van der Waals surface area (Å²) in [6.07, 6.45) is 1.30. The topological polar surface area (TPSA) is 21.3 Å². The van der Waals surface area contributed by atoms with Gasteiger partial charge >= 0.3 is 0 Å². The van der Waals surface area contributed by atoms with Crippen molar-refractivity contribution in [3.63, 3.8) is 0 Å². The summed E-state index contributed by atoms with van der Waals surface area (Å²) in [5.74, 6) is 1.04. The molecule has 0 radical (unpaired) electrons. The molecule has 0 saturated heterocycles. The molecule has 0 fully saturated rings. The van der Waals surface area contributed by atoms with Crippen LogP contribution in [0, 0.1) is 10.5 Å². The van der Waals surface area contributed by atoms with Crippen LogP contribution in [0.3, 0.4) is 0 Å². The molecule has 2 aromatic rings. The Bertz CT molecular complexity index is 668. The second kappa shape index (κ2) is 5.97. The van der Waals surface area contributed by atoms with Crippen LogP contribution in [-0.4, -0.2) is 13.2 Å². The van der Waals surface area contributed by atoms with Gasteiger partial charge in [0.05, 0.1) is 6.04 Å². The van der Waals surface area contributed by atoms with Crippen LogP contribution in [0.4, 0.5) is 0 Å². The zero-order valence-corrected chi connectivity index (χ0v) is 14.8. The Morgan fingerprint density at radius 3 is 2.86 bits per heavy atom. The van der Waals surface area contributed by atoms with E-state index in [9.17, 15) is 0 Å². The van der Waals surface area contributed by atoms with Crippen molar-refractivity contribution in [1.29, 1.82) is 0 Å². The Balaban J connectivity index is 2.01. The standard InChI is InChI=1S/C18H20INO/c1-11-5-4-6-15(17(11)19)18(20-3)13-7-8-16-14(10-13)9-12(2)21-16/h4-8,10,12,18,20H,9H2,1-3H3. The van der Waals surface area contributed by atoms with Gasteiger partial charge in [0.1, 0.15) is 11.9 Å². The first-order valence-electron chi connectivity index (χ1n) is 7.32. The molecule has 2 nitrogen and oxygen atoms in total. The Hall–Kier alpha value is -1.07. The molecule has 0 saturated carbocycles. The first kappa shape index (κ1) is 14.9. The summed E-state index contributed by atoms with van der Waals surface area (Å²) in [6, 6.07) is 13.3. The maximum Gasteiger partial charge on any atom is 0.123 e. The van der Waals surface area contributed by atoms with Crippen LogP contribution in [0.2, 0.25) is 0 Å². The maximum absolute atomic E-state index is 5.80. The van der Waals surface area contributed by atoms with Crippen LogP contribution in [0.25, 0.3) is 0 Å². The highest BCUT2D eigenvalue weighted by Crippen LogP contribution is 2.34. The van der Waals surface area contributed by atoms with E-state index in [-0.39, 0.29) is 6.04 Å². The first-order chi connectivity index (χ1) is 10.1. The summed E-state index contributed by atoms with van der Waals surface area (Å²) in [7, 11) is 2.02. The third kappa shape index (κ3) is 2.81. The second-order valence-corrected chi connectivity index (χ2v) is 6.78. The molecule has 2 atom stereocenters. The normalized spacial score (nSPS) is 18.2. The number of benzene rings is 2. The number of hydrogen-bond donors (Lipinski definition) is 1. The molecule has 1 aliphatic rings. The number of ether oxygens (including phenoxy) is 1. The molecule has 0 aromatic heterocycles. The summed E-state index contributed by atoms with van der Waals surface area (Å²) in [5.41, 5.74) is 5.29. The number of halogens is 1. The second-order valence-electron chi connectivity index (χ2n) is 5.70. The molecule has 2 aromatic carbocycles. The minimum Gasteiger partial charge on any atom is -0.490 e. The summed E-state index contributed by atoms with van der Waals surface area (Å²) < 4.78 is 7.13. The van der Waals surface area contributed by atoms with Crippen molar-refractivity contribution >= 4 is 22.6 Å². The highest BCUT2D eigenvalue weighted by molar-refractivity contribution is 14.1. The zero-order chi connectivity index (χ0) is 15.0. The molecule has 1 heterocycles. The van der Waals surface area contributed by atoms with Crippen molar-refractivity contribution in [2.75, 3.05) is 7.05 Å². The molecule has 110 valence electrons. The van der Waals surface area contributed by atoms with Gasteiger partial charge in [-0.2, -0.15) is 0 Å². The number of hydrogen-bond acceptors (Lipinski definition) is 2. The van der Waals surface area contributed by atoms with E-state index in [1.807, 2.05) is 7.05 Å². The summed E-state index contributed by atoms with van der Waals surface area (Å²) in [5, 5.41) is 3.46. The third-order valence-corrected chi connectivity index (χ3v) is 5.55. The van der Waals surface area contributed by atoms with Gasteiger partial charge in [0.2, 0.25) is 0 Å². The highest BCUT2D eigenvalue weighted by Gasteiger charge is 2.22. The first-order valence-corrected chi connectivity index (χ1v) is 8.39. The zero-order valence-electron chi connectivity index (χ0n) is 12.6. The summed E-state index contributed by atoms with van der Waals surface area (Å²) in [4.78, 5) is 0. The average molecular weight is 393 g/mol. The summed E-state index contributed by atoms with van der Waals surface area (Å²) >= 11 is 2.45. The SMILES string of the molecule is CNC(c1ccc2c(c1)CC(C)O2)c1cccc(C)c1I. The third-order valence-electron chi connectivity index (χ3n) is 4.07. The van der Waals surface area contributed by atoms with Crippen LogP contribution < -0.4 is 10.1 Å². The van der Waals surface area contributed by atoms with E-state index in [0.717, 1.165) is 12.2 Å². The fourth-order valence-electron chi connectivity index (χ4n) is 3.02. The molecule has 21 heavy (non-hydrogen) atoms. The minimum absolute atomic E-state index is 0.220. The summed E-state index contributed by atoms with van der Waals surface area (Å²) in [6.45, 7) is 4.29. The Morgan fingerprint density at radius 1 is 1.29 bits per heavy atom. The lowest BCUT2D eigenvalue weighted by molar-refractivity contribution is 0.254. The minimum atomic E-state index is 0.220. The quantitative estimate of drug-likeness (QED) is 0.789. The molecular formula is C18H20INO. The highest BCUT2D eigenvalue weighted by atomic mass is 127. The predicted molar refractivity (Wildman–Crippen MR) is 95.0 cm³/mol. The van der Waals surface area contributed by atoms with E-state index in [1.165, 1.54) is 25.8 Å². The number of fused-ring (bicyclic) bond motifs is 1. The van der Waals surface area contributed by atoms with Crippen molar-refractivity contribution in [3.05, 3.63) is 62.2 Å². The Morgan fingerprint density at radius 2 is 2.10 bits per heavy atom. The molecule has 0 bridgehead atoms. The van der Waals surface area contributed by atoms with E-state index in [2.05, 4.69) is 78.2 Å². The average Bonchev–Trinajstić information content (AvgIpc) is 2.83. The van der Waals surface area contributed by atoms with Crippen molar-refractivity contribution < 1.29 is 4.74 Å². The predicted octanol–water partition coefficient (Wildman–Crippen LogP) is 4.23. The van der Waals surface area contributed by atoms with E-state index in [0.29, 0.717) is 6.10 Å². The smallest absolute Gasteiger partial charge is 0.123 e. The van der Waals surface area contributed by atoms with Gasteiger partial charge in [0, 0.05) is 9.99 Å². The fourth-order valence-corrected chi connectivity index (χ4v) is 3.69. The van der Waals surface area contributed by atoms with Gasteiger partial charge in [-0.05, 0) is 71.8 Å². The van der Waals surface area contributed by atoms with Gasteiger partial charge in [-0.15, -0.1) is 0 Å². The van der Waals surface area contributed by atoms with Gasteiger partial charge in [-0.25, -0.2) is 0 Å². The van der Waals surface area contributed by atoms with E-state index < -0.39 is 0 Å². The van der Waals surface area contributed by atoms with Crippen molar-refractivity contribution in [2.45, 2.75) is 32.4 Å². The number of nitrogens with one attached hydrogen (secondary N) is 1. The molecule has 3 heteroatoms. The van der Waals surface area contributed by atoms with Gasteiger partial charge in [-0.1, -0.05) is 30.3 Å². The van der Waals surface area contributed by atoms with Gasteiger partial charge in [0.25, 0.3) is 0 Å². The number of aryl methyl sites for hydroxylation is 1. The van der Waals surface area contributed by atoms with Crippen LogP contribution >= 0.6 is 22.6 Å². The lowest BCUT2D eigenvalue weighted by Gasteiger charge is -2.20. The van der Waals surface area contributed by atoms with Crippen LogP contribution in [0.1, 0.15) is 35.2 Å². The lowest BCUT2D eigenvalue weighted by Crippen LogP contribution is -2.19. The van der Waals surface area contributed by atoms with Gasteiger partial charge < -0.3 is 10.1 Å². The van der Waals surface area contributed by atoms with E-state index in [4.69, 9.17) is 4.74 Å². The van der Waals surface area contributed by atoms with Crippen LogP contribution in [-0.2, 0) is 6.42 Å². The molecular weight excluding hydrogens is 373 g/mol. The van der Waals surface area contributed by atoms with E-state index >= 15 is 0 Å².